The first-order valence-corrected chi connectivity index (χ1v) is 9.69. The molecule has 0 spiro atoms. The van der Waals surface area contributed by atoms with Crippen LogP contribution in [-0.2, 0) is 24.7 Å². The van der Waals surface area contributed by atoms with Gasteiger partial charge in [0.25, 0.3) is 0 Å². The maximum atomic E-state index is 13.6. The van der Waals surface area contributed by atoms with Gasteiger partial charge in [-0.2, -0.15) is 0 Å². The Morgan fingerprint density at radius 2 is 1.38 bits per heavy atom. The molecule has 0 N–H and O–H groups in total. The Hall–Kier alpha value is -3.40. The van der Waals surface area contributed by atoms with Crippen LogP contribution in [0.15, 0.2) is 91.0 Å². The van der Waals surface area contributed by atoms with Crippen molar-refractivity contribution in [1.82, 2.24) is 0 Å². The number of carbonyl (C=O) groups is 2. The molecule has 0 saturated carbocycles. The fourth-order valence-corrected chi connectivity index (χ4v) is 3.88. The molecule has 0 aliphatic carbocycles. The zero-order valence-electron chi connectivity index (χ0n) is 16.2. The fourth-order valence-electron chi connectivity index (χ4n) is 3.88. The Labute approximate surface area is 170 Å². The minimum Gasteiger partial charge on any atom is -0.449 e. The highest BCUT2D eigenvalue weighted by atomic mass is 16.6. The monoisotopic (exact) mass is 386 g/mol. The summed E-state index contributed by atoms with van der Waals surface area (Å²) in [6.07, 6.45) is -0.428. The Kier molecular flexibility index (Phi) is 5.17. The zero-order valence-corrected chi connectivity index (χ0v) is 16.2. The van der Waals surface area contributed by atoms with Crippen LogP contribution in [0.2, 0.25) is 0 Å². The number of ether oxygens (including phenoxy) is 2. The molecule has 4 nitrogen and oxygen atoms in total. The third-order valence-electron chi connectivity index (χ3n) is 5.38. The lowest BCUT2D eigenvalue weighted by Crippen LogP contribution is -2.42. The number of hydrogen-bond donors (Lipinski definition) is 0. The van der Waals surface area contributed by atoms with Crippen LogP contribution in [0.3, 0.4) is 0 Å². The normalized spacial score (nSPS) is 21.0. The predicted molar refractivity (Wildman–Crippen MR) is 109 cm³/mol. The van der Waals surface area contributed by atoms with E-state index in [4.69, 9.17) is 9.47 Å². The van der Waals surface area contributed by atoms with Crippen LogP contribution >= 0.6 is 0 Å². The van der Waals surface area contributed by atoms with E-state index in [1.54, 1.807) is 12.1 Å². The third-order valence-corrected chi connectivity index (χ3v) is 5.38. The van der Waals surface area contributed by atoms with E-state index >= 15 is 0 Å². The van der Waals surface area contributed by atoms with Crippen molar-refractivity contribution in [2.24, 2.45) is 5.92 Å². The molecule has 29 heavy (non-hydrogen) atoms. The topological polar surface area (TPSA) is 52.6 Å². The van der Waals surface area contributed by atoms with Crippen molar-refractivity contribution >= 4 is 11.9 Å². The molecule has 0 aromatic heterocycles. The van der Waals surface area contributed by atoms with Gasteiger partial charge in [0, 0.05) is 11.5 Å². The van der Waals surface area contributed by atoms with E-state index in [0.717, 1.165) is 11.1 Å². The maximum absolute atomic E-state index is 13.6. The molecule has 4 heteroatoms. The average molecular weight is 386 g/mol. The minimum absolute atomic E-state index is 0.172. The number of carbonyl (C=O) groups excluding carboxylic acids is 2. The molecule has 1 aliphatic heterocycles. The second kappa shape index (κ2) is 7.92. The number of cyclic esters (lactones) is 1. The summed E-state index contributed by atoms with van der Waals surface area (Å²) >= 11 is 0. The molecular weight excluding hydrogens is 364 g/mol. The molecule has 0 amide bonds. The van der Waals surface area contributed by atoms with E-state index < -0.39 is 23.6 Å². The molecule has 146 valence electrons. The van der Waals surface area contributed by atoms with Gasteiger partial charge in [0.15, 0.2) is 6.10 Å². The van der Waals surface area contributed by atoms with Gasteiger partial charge in [-0.25, -0.2) is 4.79 Å². The Bertz CT molecular complexity index is 946. The van der Waals surface area contributed by atoms with Crippen LogP contribution in [-0.4, -0.2) is 11.9 Å². The molecule has 1 aliphatic rings. The van der Waals surface area contributed by atoms with E-state index in [0.29, 0.717) is 5.56 Å². The van der Waals surface area contributed by atoms with E-state index in [-0.39, 0.29) is 12.3 Å². The molecular formula is C25H22O4. The first kappa shape index (κ1) is 18.9. The highest BCUT2D eigenvalue weighted by Crippen LogP contribution is 2.44. The van der Waals surface area contributed by atoms with Gasteiger partial charge in [0.1, 0.15) is 0 Å². The van der Waals surface area contributed by atoms with Gasteiger partial charge < -0.3 is 9.47 Å². The highest BCUT2D eigenvalue weighted by Gasteiger charge is 2.56. The van der Waals surface area contributed by atoms with Gasteiger partial charge in [-0.1, -0.05) is 97.9 Å². The Morgan fingerprint density at radius 1 is 0.897 bits per heavy atom. The molecule has 0 bridgehead atoms. The van der Waals surface area contributed by atoms with Gasteiger partial charge in [0.05, 0.1) is 6.42 Å². The van der Waals surface area contributed by atoms with Gasteiger partial charge in [-0.15, -0.1) is 0 Å². The standard InChI is InChI=1S/C25H22O4/c1-18-17-22(26)29-25(18,21-15-9-4-10-16-21)24(27)28-23(19-11-5-2-6-12-19)20-13-7-3-8-14-20/h2-16,18,23H,17H2,1H3/t18-,25+/m1/s1. The Balaban J connectivity index is 1.75. The average Bonchev–Trinajstić information content (AvgIpc) is 3.08. The third kappa shape index (κ3) is 3.54. The predicted octanol–water partition coefficient (Wildman–Crippen LogP) is 4.80. The van der Waals surface area contributed by atoms with Crippen molar-refractivity contribution in [2.45, 2.75) is 25.0 Å². The van der Waals surface area contributed by atoms with Crippen LogP contribution in [0, 0.1) is 5.92 Å². The minimum atomic E-state index is -1.44. The molecule has 1 fully saturated rings. The van der Waals surface area contributed by atoms with E-state index in [1.807, 2.05) is 85.8 Å². The molecule has 1 saturated heterocycles. The number of esters is 2. The molecule has 3 aromatic rings. The van der Waals surface area contributed by atoms with Crippen LogP contribution in [0.4, 0.5) is 0 Å². The summed E-state index contributed by atoms with van der Waals surface area (Å²) in [5, 5.41) is 0. The summed E-state index contributed by atoms with van der Waals surface area (Å²) < 4.78 is 11.7. The molecule has 1 heterocycles. The SMILES string of the molecule is C[C@@H]1CC(=O)O[C@]1(C(=O)OC(c1ccccc1)c1ccccc1)c1ccccc1. The lowest BCUT2D eigenvalue weighted by atomic mass is 9.82. The van der Waals surface area contributed by atoms with Gasteiger partial charge in [0.2, 0.25) is 5.60 Å². The van der Waals surface area contributed by atoms with Gasteiger partial charge >= 0.3 is 11.9 Å². The van der Waals surface area contributed by atoms with E-state index in [9.17, 15) is 9.59 Å². The Morgan fingerprint density at radius 3 is 1.83 bits per heavy atom. The van der Waals surface area contributed by atoms with Crippen molar-refractivity contribution in [1.29, 1.82) is 0 Å². The lowest BCUT2D eigenvalue weighted by molar-refractivity contribution is -0.182. The molecule has 3 aromatic carbocycles. The summed E-state index contributed by atoms with van der Waals surface area (Å²) in [5.74, 6) is -1.29. The first-order chi connectivity index (χ1) is 14.1. The van der Waals surface area contributed by atoms with Crippen molar-refractivity contribution in [2.75, 3.05) is 0 Å². The largest absolute Gasteiger partial charge is 0.449 e. The van der Waals surface area contributed by atoms with E-state index in [2.05, 4.69) is 0 Å². The van der Waals surface area contributed by atoms with Crippen LogP contribution < -0.4 is 0 Å². The van der Waals surface area contributed by atoms with Crippen molar-refractivity contribution in [3.05, 3.63) is 108 Å². The summed E-state index contributed by atoms with van der Waals surface area (Å²) in [4.78, 5) is 25.7. The lowest BCUT2D eigenvalue weighted by Gasteiger charge is -2.32. The quantitative estimate of drug-likeness (QED) is 0.591. The maximum Gasteiger partial charge on any atom is 0.356 e. The van der Waals surface area contributed by atoms with Crippen LogP contribution in [0.1, 0.15) is 36.1 Å². The summed E-state index contributed by atoms with van der Waals surface area (Å²) in [5.41, 5.74) is 0.892. The number of hydrogen-bond acceptors (Lipinski definition) is 4. The summed E-state index contributed by atoms with van der Waals surface area (Å²) in [6, 6.07) is 28.3. The fraction of sp³-hybridized carbons (Fsp3) is 0.200. The van der Waals surface area contributed by atoms with Crippen molar-refractivity contribution < 1.29 is 19.1 Å². The zero-order chi connectivity index (χ0) is 20.3. The van der Waals surface area contributed by atoms with Crippen LogP contribution in [0.5, 0.6) is 0 Å². The second-order valence-corrected chi connectivity index (χ2v) is 7.29. The summed E-state index contributed by atoms with van der Waals surface area (Å²) in [7, 11) is 0. The number of benzene rings is 3. The summed E-state index contributed by atoms with van der Waals surface area (Å²) in [6.45, 7) is 1.85. The van der Waals surface area contributed by atoms with Crippen molar-refractivity contribution in [3.8, 4) is 0 Å². The molecule has 2 atom stereocenters. The van der Waals surface area contributed by atoms with Crippen molar-refractivity contribution in [3.63, 3.8) is 0 Å². The molecule has 4 rings (SSSR count). The van der Waals surface area contributed by atoms with Crippen LogP contribution in [0.25, 0.3) is 0 Å². The smallest absolute Gasteiger partial charge is 0.356 e. The van der Waals surface area contributed by atoms with E-state index in [1.165, 1.54) is 0 Å². The highest BCUT2D eigenvalue weighted by molar-refractivity contribution is 5.89. The molecule has 0 radical (unpaired) electrons. The molecule has 0 unspecified atom stereocenters. The first-order valence-electron chi connectivity index (χ1n) is 9.69. The second-order valence-electron chi connectivity index (χ2n) is 7.29. The van der Waals surface area contributed by atoms with Gasteiger partial charge in [-0.3, -0.25) is 4.79 Å². The number of rotatable bonds is 5. The van der Waals surface area contributed by atoms with Gasteiger partial charge in [-0.05, 0) is 11.1 Å².